The first kappa shape index (κ1) is 12.0. The second kappa shape index (κ2) is 4.45. The molecular formula is C12H16ClN3O. The van der Waals surface area contributed by atoms with Gasteiger partial charge in [-0.25, -0.2) is 4.99 Å². The maximum Gasteiger partial charge on any atom is 0.196 e. The topological polar surface area (TPSA) is 45.7 Å². The Kier molecular flexibility index (Phi) is 3.15. The molecule has 5 heteroatoms. The first-order valence-electron chi connectivity index (χ1n) is 5.48. The lowest BCUT2D eigenvalue weighted by molar-refractivity contribution is 0.414. The molecule has 1 aromatic rings. The minimum atomic E-state index is 0.151. The number of hydrogen-bond donors (Lipinski definition) is 2. The molecule has 0 saturated carbocycles. The number of methoxy groups -OCH3 is 1. The highest BCUT2D eigenvalue weighted by atomic mass is 35.5. The van der Waals surface area contributed by atoms with Gasteiger partial charge in [0.1, 0.15) is 11.4 Å². The second-order valence-corrected chi connectivity index (χ2v) is 4.43. The molecule has 1 aromatic carbocycles. The molecule has 2 N–H and O–H groups in total. The molecule has 0 radical (unpaired) electrons. The van der Waals surface area contributed by atoms with E-state index in [1.807, 2.05) is 20.0 Å². The number of hydrogen-bond acceptors (Lipinski definition) is 4. The SMILES string of the molecule is CNC1=Nc2c(OC)cc(Cl)c(C)c2C(C)N1. The van der Waals surface area contributed by atoms with Crippen molar-refractivity contribution in [3.8, 4) is 5.75 Å². The summed E-state index contributed by atoms with van der Waals surface area (Å²) in [6.07, 6.45) is 0. The minimum Gasteiger partial charge on any atom is -0.494 e. The van der Waals surface area contributed by atoms with E-state index in [-0.39, 0.29) is 6.04 Å². The number of ether oxygens (including phenoxy) is 1. The van der Waals surface area contributed by atoms with Gasteiger partial charge in [0.2, 0.25) is 0 Å². The van der Waals surface area contributed by atoms with Crippen LogP contribution in [-0.2, 0) is 0 Å². The first-order chi connectivity index (χ1) is 8.08. The molecule has 4 nitrogen and oxygen atoms in total. The maximum atomic E-state index is 6.19. The lowest BCUT2D eigenvalue weighted by Crippen LogP contribution is -2.38. The molecule has 0 aliphatic carbocycles. The monoisotopic (exact) mass is 253 g/mol. The first-order valence-corrected chi connectivity index (χ1v) is 5.86. The Morgan fingerprint density at radius 1 is 1.53 bits per heavy atom. The van der Waals surface area contributed by atoms with Gasteiger partial charge in [0.25, 0.3) is 0 Å². The van der Waals surface area contributed by atoms with Gasteiger partial charge in [0.15, 0.2) is 5.96 Å². The van der Waals surface area contributed by atoms with Crippen LogP contribution in [0.2, 0.25) is 5.02 Å². The molecule has 1 atom stereocenters. The highest BCUT2D eigenvalue weighted by Crippen LogP contribution is 2.42. The van der Waals surface area contributed by atoms with E-state index >= 15 is 0 Å². The summed E-state index contributed by atoms with van der Waals surface area (Å²) >= 11 is 6.19. The van der Waals surface area contributed by atoms with E-state index in [1.54, 1.807) is 7.11 Å². The van der Waals surface area contributed by atoms with Gasteiger partial charge in [-0.3, -0.25) is 0 Å². The van der Waals surface area contributed by atoms with Crippen LogP contribution in [0.15, 0.2) is 11.1 Å². The molecule has 0 saturated heterocycles. The van der Waals surface area contributed by atoms with Crippen molar-refractivity contribution in [3.63, 3.8) is 0 Å². The van der Waals surface area contributed by atoms with E-state index in [4.69, 9.17) is 16.3 Å². The molecule has 1 unspecified atom stereocenters. The molecule has 1 aliphatic heterocycles. The van der Waals surface area contributed by atoms with Crippen molar-refractivity contribution in [3.05, 3.63) is 22.2 Å². The summed E-state index contributed by atoms with van der Waals surface area (Å²) in [5.41, 5.74) is 2.99. The van der Waals surface area contributed by atoms with Crippen molar-refractivity contribution in [2.75, 3.05) is 14.2 Å². The third kappa shape index (κ3) is 1.93. The van der Waals surface area contributed by atoms with E-state index in [1.165, 1.54) is 0 Å². The summed E-state index contributed by atoms with van der Waals surface area (Å²) in [5.74, 6) is 1.45. The highest BCUT2D eigenvalue weighted by molar-refractivity contribution is 6.31. The van der Waals surface area contributed by atoms with Crippen molar-refractivity contribution < 1.29 is 4.74 Å². The summed E-state index contributed by atoms with van der Waals surface area (Å²) in [6, 6.07) is 1.96. The molecule has 0 amide bonds. The van der Waals surface area contributed by atoms with Crippen LogP contribution in [0.1, 0.15) is 24.1 Å². The van der Waals surface area contributed by atoms with Crippen LogP contribution in [0, 0.1) is 6.92 Å². The minimum absolute atomic E-state index is 0.151. The normalized spacial score (nSPS) is 17.9. The standard InChI is InChI=1S/C12H16ClN3O/c1-6-8(13)5-9(17-4)11-10(6)7(2)15-12(14-3)16-11/h5,7H,1-4H3,(H2,14,15,16). The fourth-order valence-corrected chi connectivity index (χ4v) is 2.28. The van der Waals surface area contributed by atoms with Gasteiger partial charge >= 0.3 is 0 Å². The zero-order valence-electron chi connectivity index (χ0n) is 10.4. The average Bonchev–Trinajstić information content (AvgIpc) is 2.32. The molecule has 1 heterocycles. The number of fused-ring (bicyclic) bond motifs is 1. The molecule has 2 rings (SSSR count). The number of benzene rings is 1. The van der Waals surface area contributed by atoms with Gasteiger partial charge in [-0.2, -0.15) is 0 Å². The third-order valence-electron chi connectivity index (χ3n) is 2.98. The summed E-state index contributed by atoms with van der Waals surface area (Å²) in [5, 5.41) is 6.98. The Labute approximate surface area is 106 Å². The van der Waals surface area contributed by atoms with Crippen LogP contribution in [0.4, 0.5) is 5.69 Å². The van der Waals surface area contributed by atoms with Crippen molar-refractivity contribution in [2.24, 2.45) is 4.99 Å². The van der Waals surface area contributed by atoms with Crippen molar-refractivity contribution in [2.45, 2.75) is 19.9 Å². The van der Waals surface area contributed by atoms with E-state index in [0.717, 1.165) is 22.8 Å². The number of rotatable bonds is 1. The molecule has 0 spiro atoms. The van der Waals surface area contributed by atoms with E-state index in [0.29, 0.717) is 10.8 Å². The predicted octanol–water partition coefficient (Wildman–Crippen LogP) is 2.53. The molecule has 0 bridgehead atoms. The summed E-state index contributed by atoms with van der Waals surface area (Å²) in [6.45, 7) is 4.08. The Bertz CT molecular complexity index is 485. The second-order valence-electron chi connectivity index (χ2n) is 4.02. The smallest absolute Gasteiger partial charge is 0.196 e. The Morgan fingerprint density at radius 3 is 2.82 bits per heavy atom. The molecule has 1 aliphatic rings. The van der Waals surface area contributed by atoms with Crippen LogP contribution >= 0.6 is 11.6 Å². The van der Waals surface area contributed by atoms with Crippen molar-refractivity contribution >= 4 is 23.2 Å². The molecule has 92 valence electrons. The van der Waals surface area contributed by atoms with Gasteiger partial charge in [-0.05, 0) is 19.4 Å². The zero-order valence-corrected chi connectivity index (χ0v) is 11.1. The van der Waals surface area contributed by atoms with Gasteiger partial charge in [0, 0.05) is 23.7 Å². The molecule has 0 aromatic heterocycles. The lowest BCUT2D eigenvalue weighted by atomic mass is 9.98. The summed E-state index contributed by atoms with van der Waals surface area (Å²) in [4.78, 5) is 4.50. The highest BCUT2D eigenvalue weighted by Gasteiger charge is 2.24. The van der Waals surface area contributed by atoms with Gasteiger partial charge < -0.3 is 15.4 Å². The number of nitrogens with zero attached hydrogens (tertiary/aromatic N) is 1. The molecular weight excluding hydrogens is 238 g/mol. The van der Waals surface area contributed by atoms with Crippen LogP contribution < -0.4 is 15.4 Å². The quantitative estimate of drug-likeness (QED) is 0.809. The van der Waals surface area contributed by atoms with Crippen molar-refractivity contribution in [1.29, 1.82) is 0 Å². The molecule has 0 fully saturated rings. The molecule has 17 heavy (non-hydrogen) atoms. The number of halogens is 1. The predicted molar refractivity (Wildman–Crippen MR) is 70.4 cm³/mol. The Hall–Kier alpha value is -1.42. The number of nitrogens with one attached hydrogen (secondary N) is 2. The average molecular weight is 254 g/mol. The maximum absolute atomic E-state index is 6.19. The van der Waals surface area contributed by atoms with Crippen LogP contribution in [0.5, 0.6) is 5.75 Å². The van der Waals surface area contributed by atoms with Gasteiger partial charge in [-0.1, -0.05) is 11.6 Å². The largest absolute Gasteiger partial charge is 0.494 e. The van der Waals surface area contributed by atoms with Gasteiger partial charge in [0.05, 0.1) is 13.2 Å². The number of guanidine groups is 1. The van der Waals surface area contributed by atoms with E-state index in [2.05, 4.69) is 22.5 Å². The summed E-state index contributed by atoms with van der Waals surface area (Å²) in [7, 11) is 3.46. The van der Waals surface area contributed by atoms with E-state index in [9.17, 15) is 0 Å². The van der Waals surface area contributed by atoms with Gasteiger partial charge in [-0.15, -0.1) is 0 Å². The van der Waals surface area contributed by atoms with E-state index < -0.39 is 0 Å². The van der Waals surface area contributed by atoms with Crippen LogP contribution in [0.3, 0.4) is 0 Å². The fourth-order valence-electron chi connectivity index (χ4n) is 2.08. The fraction of sp³-hybridized carbons (Fsp3) is 0.417. The Morgan fingerprint density at radius 2 is 2.24 bits per heavy atom. The van der Waals surface area contributed by atoms with Crippen LogP contribution in [-0.4, -0.2) is 20.1 Å². The summed E-state index contributed by atoms with van der Waals surface area (Å²) < 4.78 is 5.34. The Balaban J connectivity index is 2.69. The van der Waals surface area contributed by atoms with Crippen molar-refractivity contribution in [1.82, 2.24) is 10.6 Å². The third-order valence-corrected chi connectivity index (χ3v) is 3.37. The number of aliphatic imine (C=N–C) groups is 1. The van der Waals surface area contributed by atoms with Crippen LogP contribution in [0.25, 0.3) is 0 Å². The zero-order chi connectivity index (χ0) is 12.6. The lowest BCUT2D eigenvalue weighted by Gasteiger charge is -2.27.